The molecular weight excluding hydrogens is 256 g/mol. The molecule has 4 fully saturated rings. The Balaban J connectivity index is 1.75. The molecule has 1 N–H and O–H groups in total. The van der Waals surface area contributed by atoms with Crippen molar-refractivity contribution in [3.8, 4) is 0 Å². The van der Waals surface area contributed by atoms with Crippen LogP contribution in [0.15, 0.2) is 0 Å². The van der Waals surface area contributed by atoms with Crippen LogP contribution in [-0.2, 0) is 0 Å². The Morgan fingerprint density at radius 1 is 0.905 bits per heavy atom. The Bertz CT molecular complexity index is 466. The van der Waals surface area contributed by atoms with E-state index in [2.05, 4.69) is 34.6 Å². The summed E-state index contributed by atoms with van der Waals surface area (Å²) in [4.78, 5) is 0. The fraction of sp³-hybridized carbons (Fsp3) is 1.00. The standard InChI is InChI=1S/C20H34O/c1-13(2)14-6-7-15-18(14,4)10-8-17(3)9-11-19(5,21)16-12-20(15,16)17/h13-16,21H,6-12H2,1-5H3/t14-,15-,16+,17+,18-,19+,20+/m1/s1. The first-order valence-electron chi connectivity index (χ1n) is 9.40. The lowest BCUT2D eigenvalue weighted by Gasteiger charge is -2.59. The van der Waals surface area contributed by atoms with E-state index in [-0.39, 0.29) is 5.60 Å². The van der Waals surface area contributed by atoms with E-state index in [9.17, 15) is 5.11 Å². The van der Waals surface area contributed by atoms with E-state index >= 15 is 0 Å². The van der Waals surface area contributed by atoms with Gasteiger partial charge >= 0.3 is 0 Å². The topological polar surface area (TPSA) is 20.2 Å². The molecule has 21 heavy (non-hydrogen) atoms. The van der Waals surface area contributed by atoms with Crippen LogP contribution in [0, 0.1) is 39.9 Å². The Morgan fingerprint density at radius 2 is 1.57 bits per heavy atom. The molecule has 4 aliphatic carbocycles. The molecule has 1 nitrogen and oxygen atoms in total. The fourth-order valence-corrected chi connectivity index (χ4v) is 7.93. The van der Waals surface area contributed by atoms with Crippen molar-refractivity contribution in [2.75, 3.05) is 0 Å². The van der Waals surface area contributed by atoms with Gasteiger partial charge in [0.05, 0.1) is 5.60 Å². The highest BCUT2D eigenvalue weighted by atomic mass is 16.3. The number of fused-ring (bicyclic) bond motifs is 1. The minimum atomic E-state index is -0.381. The third kappa shape index (κ3) is 1.53. The van der Waals surface area contributed by atoms with E-state index in [0.29, 0.717) is 22.2 Å². The van der Waals surface area contributed by atoms with E-state index < -0.39 is 0 Å². The normalized spacial score (nSPS) is 62.1. The number of aliphatic hydroxyl groups is 1. The maximum Gasteiger partial charge on any atom is 0.0653 e. The molecule has 0 aromatic rings. The van der Waals surface area contributed by atoms with Crippen molar-refractivity contribution in [1.29, 1.82) is 0 Å². The van der Waals surface area contributed by atoms with Crippen molar-refractivity contribution in [1.82, 2.24) is 0 Å². The van der Waals surface area contributed by atoms with Crippen LogP contribution in [0.5, 0.6) is 0 Å². The highest BCUT2D eigenvalue weighted by Gasteiger charge is 2.78. The summed E-state index contributed by atoms with van der Waals surface area (Å²) >= 11 is 0. The zero-order chi connectivity index (χ0) is 15.3. The van der Waals surface area contributed by atoms with E-state index in [4.69, 9.17) is 0 Å². The van der Waals surface area contributed by atoms with Crippen LogP contribution < -0.4 is 0 Å². The molecule has 1 spiro atoms. The Labute approximate surface area is 130 Å². The van der Waals surface area contributed by atoms with Crippen molar-refractivity contribution in [3.63, 3.8) is 0 Å². The minimum Gasteiger partial charge on any atom is -0.390 e. The maximum absolute atomic E-state index is 10.9. The second-order valence-corrected chi connectivity index (χ2v) is 10.2. The van der Waals surface area contributed by atoms with Crippen LogP contribution in [0.1, 0.15) is 79.6 Å². The molecule has 120 valence electrons. The van der Waals surface area contributed by atoms with Crippen LogP contribution >= 0.6 is 0 Å². The van der Waals surface area contributed by atoms with Crippen LogP contribution in [-0.4, -0.2) is 10.7 Å². The van der Waals surface area contributed by atoms with Crippen molar-refractivity contribution in [3.05, 3.63) is 0 Å². The first-order chi connectivity index (χ1) is 9.67. The summed E-state index contributed by atoms with van der Waals surface area (Å²) in [6.45, 7) is 12.2. The summed E-state index contributed by atoms with van der Waals surface area (Å²) in [5, 5.41) is 10.9. The van der Waals surface area contributed by atoms with Crippen LogP contribution in [0.3, 0.4) is 0 Å². The highest BCUT2D eigenvalue weighted by Crippen LogP contribution is 2.83. The zero-order valence-corrected chi connectivity index (χ0v) is 14.7. The molecule has 0 unspecified atom stereocenters. The lowest BCUT2D eigenvalue weighted by Crippen LogP contribution is -2.54. The van der Waals surface area contributed by atoms with Crippen molar-refractivity contribution >= 4 is 0 Å². The summed E-state index contributed by atoms with van der Waals surface area (Å²) in [7, 11) is 0. The predicted molar refractivity (Wildman–Crippen MR) is 86.9 cm³/mol. The Kier molecular flexibility index (Phi) is 2.69. The number of rotatable bonds is 1. The van der Waals surface area contributed by atoms with Gasteiger partial charge in [-0.1, -0.05) is 27.7 Å². The van der Waals surface area contributed by atoms with E-state index in [1.807, 2.05) is 0 Å². The molecule has 7 atom stereocenters. The second kappa shape index (κ2) is 3.89. The van der Waals surface area contributed by atoms with Gasteiger partial charge in [-0.2, -0.15) is 0 Å². The van der Waals surface area contributed by atoms with Gasteiger partial charge in [0.25, 0.3) is 0 Å². The summed E-state index contributed by atoms with van der Waals surface area (Å²) in [6.07, 6.45) is 9.33. The van der Waals surface area contributed by atoms with E-state index in [1.165, 1.54) is 38.5 Å². The van der Waals surface area contributed by atoms with Crippen molar-refractivity contribution < 1.29 is 5.11 Å². The van der Waals surface area contributed by atoms with Gasteiger partial charge < -0.3 is 5.11 Å². The molecule has 0 aromatic carbocycles. The smallest absolute Gasteiger partial charge is 0.0653 e. The minimum absolute atomic E-state index is 0.381. The van der Waals surface area contributed by atoms with Gasteiger partial charge in [-0.05, 0) is 91.8 Å². The molecule has 1 heteroatoms. The fourth-order valence-electron chi connectivity index (χ4n) is 7.93. The van der Waals surface area contributed by atoms with Gasteiger partial charge in [-0.3, -0.25) is 0 Å². The molecule has 0 aromatic heterocycles. The second-order valence-electron chi connectivity index (χ2n) is 10.2. The third-order valence-corrected chi connectivity index (χ3v) is 9.11. The van der Waals surface area contributed by atoms with Gasteiger partial charge in [0, 0.05) is 0 Å². The Hall–Kier alpha value is -0.0400. The monoisotopic (exact) mass is 290 g/mol. The number of hydrogen-bond donors (Lipinski definition) is 1. The molecule has 0 bridgehead atoms. The Morgan fingerprint density at radius 3 is 2.24 bits per heavy atom. The largest absolute Gasteiger partial charge is 0.390 e. The molecule has 0 aliphatic heterocycles. The van der Waals surface area contributed by atoms with Gasteiger partial charge in [0.1, 0.15) is 0 Å². The zero-order valence-electron chi connectivity index (χ0n) is 14.7. The SMILES string of the molecule is CC(C)[C@H]1CC[C@@H]2[C@]1(C)CC[C@@]1(C)CC[C@](C)(O)[C@@H]3C[C@]231. The average Bonchev–Trinajstić information content (AvgIpc) is 3.06. The molecule has 0 radical (unpaired) electrons. The van der Waals surface area contributed by atoms with Crippen LogP contribution in [0.4, 0.5) is 0 Å². The maximum atomic E-state index is 10.9. The first-order valence-corrected chi connectivity index (χ1v) is 9.40. The third-order valence-electron chi connectivity index (χ3n) is 9.11. The van der Waals surface area contributed by atoms with Crippen LogP contribution in [0.2, 0.25) is 0 Å². The number of hydrogen-bond acceptors (Lipinski definition) is 1. The van der Waals surface area contributed by atoms with Gasteiger partial charge in [-0.15, -0.1) is 0 Å². The van der Waals surface area contributed by atoms with E-state index in [1.54, 1.807) is 0 Å². The summed E-state index contributed by atoms with van der Waals surface area (Å²) in [5.41, 5.74) is 1.19. The summed E-state index contributed by atoms with van der Waals surface area (Å²) in [5.74, 6) is 3.21. The molecule has 4 saturated carbocycles. The molecule has 0 saturated heterocycles. The van der Waals surface area contributed by atoms with Crippen molar-refractivity contribution in [2.24, 2.45) is 39.9 Å². The molecule has 0 amide bonds. The van der Waals surface area contributed by atoms with Crippen molar-refractivity contribution in [2.45, 2.75) is 85.2 Å². The molecule has 0 heterocycles. The van der Waals surface area contributed by atoms with Gasteiger partial charge in [0.15, 0.2) is 0 Å². The quantitative estimate of drug-likeness (QED) is 0.718. The van der Waals surface area contributed by atoms with E-state index in [0.717, 1.165) is 24.2 Å². The lowest BCUT2D eigenvalue weighted by molar-refractivity contribution is -0.135. The van der Waals surface area contributed by atoms with Gasteiger partial charge in [-0.25, -0.2) is 0 Å². The molecule has 4 aliphatic rings. The van der Waals surface area contributed by atoms with Gasteiger partial charge in [0.2, 0.25) is 0 Å². The summed E-state index contributed by atoms with van der Waals surface area (Å²) in [6, 6.07) is 0. The predicted octanol–water partition coefficient (Wildman–Crippen LogP) is 5.03. The highest BCUT2D eigenvalue weighted by molar-refractivity contribution is 5.27. The average molecular weight is 290 g/mol. The van der Waals surface area contributed by atoms with Crippen LogP contribution in [0.25, 0.3) is 0 Å². The molecular formula is C20H34O. The first kappa shape index (κ1) is 14.5. The lowest BCUT2D eigenvalue weighted by atomic mass is 9.46. The summed E-state index contributed by atoms with van der Waals surface area (Å²) < 4.78 is 0. The molecule has 4 rings (SSSR count).